The highest BCUT2D eigenvalue weighted by Crippen LogP contribution is 2.52. The lowest BCUT2D eigenvalue weighted by Gasteiger charge is -2.47. The molecule has 134 valence electrons. The molecule has 0 N–H and O–H groups in total. The molecule has 0 saturated heterocycles. The largest absolute Gasteiger partial charge is 0.256 e. The molecule has 2 aromatic heterocycles. The molecule has 2 bridgehead atoms. The number of aromatic nitrogens is 1. The summed E-state index contributed by atoms with van der Waals surface area (Å²) in [5.41, 5.74) is 4.38. The highest BCUT2D eigenvalue weighted by atomic mass is 32.1. The van der Waals surface area contributed by atoms with Crippen molar-refractivity contribution in [2.24, 2.45) is 5.92 Å². The van der Waals surface area contributed by atoms with Crippen molar-refractivity contribution in [3.8, 4) is 11.3 Å². The Morgan fingerprint density at radius 3 is 2.48 bits per heavy atom. The number of thiophene rings is 1. The van der Waals surface area contributed by atoms with Gasteiger partial charge < -0.3 is 0 Å². The first-order valence-electron chi connectivity index (χ1n) is 10.2. The van der Waals surface area contributed by atoms with Crippen molar-refractivity contribution in [2.75, 3.05) is 0 Å². The fraction of sp³-hybridized carbons (Fsp3) is 0.320. The van der Waals surface area contributed by atoms with Gasteiger partial charge in [-0.15, -0.1) is 11.3 Å². The summed E-state index contributed by atoms with van der Waals surface area (Å²) in [7, 11) is 0. The molecule has 0 atom stereocenters. The minimum absolute atomic E-state index is 0.417. The van der Waals surface area contributed by atoms with E-state index in [4.69, 9.17) is 4.98 Å². The van der Waals surface area contributed by atoms with E-state index in [1.165, 1.54) is 69.8 Å². The highest BCUT2D eigenvalue weighted by molar-refractivity contribution is 7.26. The maximum atomic E-state index is 4.81. The molecule has 4 aromatic rings. The second kappa shape index (κ2) is 5.90. The molecule has 27 heavy (non-hydrogen) atoms. The molecule has 0 amide bonds. The van der Waals surface area contributed by atoms with Gasteiger partial charge in [-0.25, -0.2) is 0 Å². The summed E-state index contributed by atoms with van der Waals surface area (Å²) >= 11 is 1.90. The third-order valence-electron chi connectivity index (χ3n) is 7.15. The van der Waals surface area contributed by atoms with Gasteiger partial charge in [-0.2, -0.15) is 0 Å². The molecule has 0 unspecified atom stereocenters. The van der Waals surface area contributed by atoms with Crippen molar-refractivity contribution >= 4 is 31.5 Å². The monoisotopic (exact) mass is 369 g/mol. The molecule has 2 aromatic carbocycles. The summed E-state index contributed by atoms with van der Waals surface area (Å²) in [6.07, 6.45) is 10.4. The standard InChI is InChI=1S/C25H23NS/c1-2-7-23-19(4-1)20-5-3-6-21(24(20)27-23)22-16-18(11-15-26-22)25-12-8-17(9-13-25)10-14-25/h1-7,11,15-17H,8-10,12-14H2. The number of hydrogen-bond donors (Lipinski definition) is 0. The zero-order chi connectivity index (χ0) is 17.8. The van der Waals surface area contributed by atoms with Gasteiger partial charge in [0.15, 0.2) is 0 Å². The lowest BCUT2D eigenvalue weighted by molar-refractivity contribution is 0.136. The van der Waals surface area contributed by atoms with Gasteiger partial charge in [-0.05, 0) is 73.6 Å². The lowest BCUT2D eigenvalue weighted by atomic mass is 9.58. The maximum Gasteiger partial charge on any atom is 0.0719 e. The summed E-state index contributed by atoms with van der Waals surface area (Å²) in [5, 5.41) is 2.72. The van der Waals surface area contributed by atoms with E-state index in [9.17, 15) is 0 Å². The molecule has 1 nitrogen and oxygen atoms in total. The number of nitrogens with zero attached hydrogens (tertiary/aromatic N) is 1. The van der Waals surface area contributed by atoms with Crippen LogP contribution in [0.2, 0.25) is 0 Å². The molecule has 0 spiro atoms. The quantitative estimate of drug-likeness (QED) is 0.360. The third-order valence-corrected chi connectivity index (χ3v) is 8.37. The second-order valence-corrected chi connectivity index (χ2v) is 9.52. The van der Waals surface area contributed by atoms with Crippen LogP contribution in [0.1, 0.15) is 44.1 Å². The molecule has 3 saturated carbocycles. The van der Waals surface area contributed by atoms with Crippen LogP contribution in [0, 0.1) is 5.92 Å². The molecular weight excluding hydrogens is 346 g/mol. The SMILES string of the molecule is c1ccc2c(c1)sc1c(-c3cc(C45CCC(CC4)CC5)ccn3)cccc12. The van der Waals surface area contributed by atoms with Gasteiger partial charge >= 0.3 is 0 Å². The average molecular weight is 370 g/mol. The van der Waals surface area contributed by atoms with Crippen LogP contribution in [-0.2, 0) is 5.41 Å². The van der Waals surface area contributed by atoms with Gasteiger partial charge in [0, 0.05) is 31.9 Å². The van der Waals surface area contributed by atoms with Gasteiger partial charge in [0.1, 0.15) is 0 Å². The molecule has 2 heteroatoms. The van der Waals surface area contributed by atoms with Crippen molar-refractivity contribution < 1.29 is 0 Å². The third kappa shape index (κ3) is 2.39. The molecule has 2 heterocycles. The number of fused-ring (bicyclic) bond motifs is 6. The van der Waals surface area contributed by atoms with Crippen molar-refractivity contribution in [1.82, 2.24) is 4.98 Å². The second-order valence-electron chi connectivity index (χ2n) is 8.47. The van der Waals surface area contributed by atoms with Crippen molar-refractivity contribution in [3.05, 3.63) is 66.4 Å². The topological polar surface area (TPSA) is 12.9 Å². The molecule has 0 aliphatic heterocycles. The summed E-state index contributed by atoms with van der Waals surface area (Å²) in [4.78, 5) is 4.81. The van der Waals surface area contributed by atoms with E-state index in [1.807, 2.05) is 17.5 Å². The fourth-order valence-electron chi connectivity index (χ4n) is 5.54. The zero-order valence-corrected chi connectivity index (χ0v) is 16.3. The summed E-state index contributed by atoms with van der Waals surface area (Å²) in [5.74, 6) is 1.00. The maximum absolute atomic E-state index is 4.81. The lowest BCUT2D eigenvalue weighted by Crippen LogP contribution is -2.37. The number of pyridine rings is 1. The van der Waals surface area contributed by atoms with E-state index >= 15 is 0 Å². The first kappa shape index (κ1) is 15.8. The van der Waals surface area contributed by atoms with E-state index in [0.717, 1.165) is 11.6 Å². The highest BCUT2D eigenvalue weighted by Gasteiger charge is 2.41. The first-order valence-corrected chi connectivity index (χ1v) is 11.0. The van der Waals surface area contributed by atoms with Crippen molar-refractivity contribution in [2.45, 2.75) is 43.9 Å². The smallest absolute Gasteiger partial charge is 0.0719 e. The van der Waals surface area contributed by atoms with Crippen LogP contribution in [0.15, 0.2) is 60.8 Å². The fourth-order valence-corrected chi connectivity index (χ4v) is 6.76. The zero-order valence-electron chi connectivity index (χ0n) is 15.4. The molecule has 3 aliphatic rings. The predicted octanol–water partition coefficient (Wildman–Crippen LogP) is 7.34. The van der Waals surface area contributed by atoms with Crippen LogP contribution in [0.3, 0.4) is 0 Å². The Bertz CT molecular complexity index is 1130. The average Bonchev–Trinajstić information content (AvgIpc) is 3.14. The Labute approximate surface area is 164 Å². The van der Waals surface area contributed by atoms with Crippen LogP contribution in [0.5, 0.6) is 0 Å². The van der Waals surface area contributed by atoms with Gasteiger partial charge in [-0.3, -0.25) is 4.98 Å². The van der Waals surface area contributed by atoms with Gasteiger partial charge in [0.2, 0.25) is 0 Å². The van der Waals surface area contributed by atoms with Crippen molar-refractivity contribution in [1.29, 1.82) is 0 Å². The number of hydrogen-bond acceptors (Lipinski definition) is 2. The van der Waals surface area contributed by atoms with Gasteiger partial charge in [0.25, 0.3) is 0 Å². The molecule has 3 fully saturated rings. The van der Waals surface area contributed by atoms with Crippen LogP contribution in [0.4, 0.5) is 0 Å². The van der Waals surface area contributed by atoms with Gasteiger partial charge in [-0.1, -0.05) is 36.4 Å². The Hall–Kier alpha value is -2.19. The van der Waals surface area contributed by atoms with Gasteiger partial charge in [0.05, 0.1) is 5.69 Å². The Morgan fingerprint density at radius 2 is 1.63 bits per heavy atom. The van der Waals surface area contributed by atoms with Crippen LogP contribution < -0.4 is 0 Å². The summed E-state index contributed by atoms with van der Waals surface area (Å²) < 4.78 is 2.73. The minimum Gasteiger partial charge on any atom is -0.256 e. The van der Waals surface area contributed by atoms with Crippen LogP contribution >= 0.6 is 11.3 Å². The van der Waals surface area contributed by atoms with E-state index in [0.29, 0.717) is 5.41 Å². The molecule has 0 radical (unpaired) electrons. The minimum atomic E-state index is 0.417. The van der Waals surface area contributed by atoms with Crippen LogP contribution in [-0.4, -0.2) is 4.98 Å². The van der Waals surface area contributed by atoms with E-state index in [-0.39, 0.29) is 0 Å². The number of benzene rings is 2. The van der Waals surface area contributed by atoms with E-state index < -0.39 is 0 Å². The molecular formula is C25H23NS. The Morgan fingerprint density at radius 1 is 0.852 bits per heavy atom. The predicted molar refractivity (Wildman–Crippen MR) is 115 cm³/mol. The van der Waals surface area contributed by atoms with Crippen molar-refractivity contribution in [3.63, 3.8) is 0 Å². The van der Waals surface area contributed by atoms with E-state index in [2.05, 4.69) is 54.6 Å². The normalized spacial score (nSPS) is 24.7. The Kier molecular flexibility index (Phi) is 3.46. The first-order chi connectivity index (χ1) is 13.3. The summed E-state index contributed by atoms with van der Waals surface area (Å²) in [6, 6.07) is 20.1. The summed E-state index contributed by atoms with van der Waals surface area (Å²) in [6.45, 7) is 0. The molecule has 7 rings (SSSR count). The van der Waals surface area contributed by atoms with E-state index in [1.54, 1.807) is 0 Å². The number of rotatable bonds is 2. The Balaban J connectivity index is 1.52. The molecule has 3 aliphatic carbocycles. The van der Waals surface area contributed by atoms with Crippen LogP contribution in [0.25, 0.3) is 31.4 Å².